The maximum absolute atomic E-state index is 13.1. The quantitative estimate of drug-likeness (QED) is 0.585. The normalized spacial score (nSPS) is 15.3. The van der Waals surface area contributed by atoms with Crippen molar-refractivity contribution in [3.63, 3.8) is 0 Å². The second-order valence-corrected chi connectivity index (χ2v) is 12.1. The summed E-state index contributed by atoms with van der Waals surface area (Å²) in [6, 6.07) is 6.97. The number of rotatable bonds is 6. The molecular formula is C13H19FNO4PSi. The van der Waals surface area contributed by atoms with Gasteiger partial charge in [-0.15, -0.1) is 0 Å². The maximum atomic E-state index is 13.1. The van der Waals surface area contributed by atoms with E-state index >= 15 is 0 Å². The summed E-state index contributed by atoms with van der Waals surface area (Å²) in [7, 11) is -3.85. The zero-order chi connectivity index (χ0) is 16.3. The van der Waals surface area contributed by atoms with Gasteiger partial charge in [-0.3, -0.25) is 4.57 Å². The number of halogens is 1. The first-order chi connectivity index (χ1) is 9.64. The molecule has 0 saturated heterocycles. The first-order valence-electron chi connectivity index (χ1n) is 6.23. The lowest BCUT2D eigenvalue weighted by Gasteiger charge is -2.37. The van der Waals surface area contributed by atoms with Crippen LogP contribution in [0.15, 0.2) is 24.3 Å². The van der Waals surface area contributed by atoms with Gasteiger partial charge in [0.05, 0.1) is 0 Å². The summed E-state index contributed by atoms with van der Waals surface area (Å²) < 4.78 is 41.9. The van der Waals surface area contributed by atoms with Gasteiger partial charge in [0.2, 0.25) is 0 Å². The lowest BCUT2D eigenvalue weighted by Crippen LogP contribution is -2.40. The SMILES string of the molecule is COP(=O)(OC)[C@@](C#N)(O[Si](C)(C)C)c1ccc(F)cc1. The molecule has 0 amide bonds. The van der Waals surface area contributed by atoms with E-state index in [0.29, 0.717) is 0 Å². The lowest BCUT2D eigenvalue weighted by molar-refractivity contribution is 0.138. The Balaban J connectivity index is 3.58. The van der Waals surface area contributed by atoms with Crippen LogP contribution in [0.5, 0.6) is 0 Å². The molecule has 116 valence electrons. The lowest BCUT2D eigenvalue weighted by atomic mass is 10.1. The van der Waals surface area contributed by atoms with Crippen LogP contribution in [0.4, 0.5) is 4.39 Å². The van der Waals surface area contributed by atoms with Gasteiger partial charge in [0.15, 0.2) is 8.32 Å². The third-order valence-corrected chi connectivity index (χ3v) is 5.98. The van der Waals surface area contributed by atoms with Crippen molar-refractivity contribution in [2.24, 2.45) is 0 Å². The Bertz CT molecular complexity index is 573. The molecule has 0 saturated carbocycles. The molecule has 21 heavy (non-hydrogen) atoms. The molecule has 0 bridgehead atoms. The molecule has 1 aromatic rings. The van der Waals surface area contributed by atoms with Gasteiger partial charge in [0.25, 0.3) is 5.34 Å². The molecule has 0 N–H and O–H groups in total. The fraction of sp³-hybridized carbons (Fsp3) is 0.462. The Labute approximate surface area is 125 Å². The van der Waals surface area contributed by atoms with Crippen molar-refractivity contribution in [3.8, 4) is 6.07 Å². The maximum Gasteiger partial charge on any atom is 0.380 e. The first kappa shape index (κ1) is 18.0. The predicted molar refractivity (Wildman–Crippen MR) is 79.7 cm³/mol. The standard InChI is InChI=1S/C13H19FNO4PSi/c1-17-20(16,18-2)13(10-15,19-21(3,4)5)11-6-8-12(14)9-7-11/h6-9H,1-5H3/t13-/m1/s1. The Morgan fingerprint density at radius 1 is 1.19 bits per heavy atom. The molecule has 0 spiro atoms. The molecule has 0 aliphatic carbocycles. The largest absolute Gasteiger partial charge is 0.388 e. The molecule has 0 aliphatic heterocycles. The summed E-state index contributed by atoms with van der Waals surface area (Å²) in [5.41, 5.74) is 0.237. The van der Waals surface area contributed by atoms with Crippen LogP contribution in [0.25, 0.3) is 0 Å². The number of hydrogen-bond donors (Lipinski definition) is 0. The van der Waals surface area contributed by atoms with Crippen molar-refractivity contribution in [2.45, 2.75) is 25.0 Å². The third-order valence-electron chi connectivity index (χ3n) is 2.71. The van der Waals surface area contributed by atoms with Gasteiger partial charge in [-0.2, -0.15) is 5.26 Å². The van der Waals surface area contributed by atoms with Crippen LogP contribution in [-0.2, 0) is 23.4 Å². The Kier molecular flexibility index (Phi) is 5.48. The van der Waals surface area contributed by atoms with E-state index in [2.05, 4.69) is 0 Å². The van der Waals surface area contributed by atoms with Gasteiger partial charge in [0.1, 0.15) is 11.9 Å². The van der Waals surface area contributed by atoms with Crippen LogP contribution in [-0.4, -0.2) is 22.5 Å². The number of nitriles is 1. The zero-order valence-corrected chi connectivity index (χ0v) is 14.6. The average Bonchev–Trinajstić information content (AvgIpc) is 2.43. The van der Waals surface area contributed by atoms with E-state index in [4.69, 9.17) is 13.5 Å². The van der Waals surface area contributed by atoms with E-state index in [1.807, 2.05) is 25.7 Å². The molecule has 8 heteroatoms. The van der Waals surface area contributed by atoms with Gasteiger partial charge >= 0.3 is 7.60 Å². The highest BCUT2D eigenvalue weighted by Crippen LogP contribution is 2.65. The summed E-state index contributed by atoms with van der Waals surface area (Å²) >= 11 is 0. The second-order valence-electron chi connectivity index (χ2n) is 5.34. The molecule has 0 fully saturated rings. The Morgan fingerprint density at radius 2 is 1.67 bits per heavy atom. The molecule has 1 rings (SSSR count). The van der Waals surface area contributed by atoms with Crippen molar-refractivity contribution in [1.29, 1.82) is 5.26 Å². The van der Waals surface area contributed by atoms with E-state index in [1.54, 1.807) is 0 Å². The van der Waals surface area contributed by atoms with Gasteiger partial charge in [-0.1, -0.05) is 12.1 Å². The summed E-state index contributed by atoms with van der Waals surface area (Å²) in [6.45, 7) is 5.54. The van der Waals surface area contributed by atoms with E-state index in [9.17, 15) is 14.2 Å². The van der Waals surface area contributed by atoms with E-state index in [1.165, 1.54) is 38.5 Å². The summed E-state index contributed by atoms with van der Waals surface area (Å²) in [4.78, 5) is 0. The fourth-order valence-corrected chi connectivity index (χ4v) is 5.44. The minimum absolute atomic E-state index is 0.237. The third kappa shape index (κ3) is 3.60. The zero-order valence-electron chi connectivity index (χ0n) is 12.7. The number of nitrogens with zero attached hydrogens (tertiary/aromatic N) is 1. The topological polar surface area (TPSA) is 68.5 Å². The molecule has 1 atom stereocenters. The van der Waals surface area contributed by atoms with Crippen LogP contribution < -0.4 is 0 Å². The van der Waals surface area contributed by atoms with Crippen molar-refractivity contribution in [3.05, 3.63) is 35.6 Å². The average molecular weight is 331 g/mol. The van der Waals surface area contributed by atoms with Gasteiger partial charge in [-0.25, -0.2) is 4.39 Å². The van der Waals surface area contributed by atoms with Crippen molar-refractivity contribution < 1.29 is 22.4 Å². The van der Waals surface area contributed by atoms with E-state index < -0.39 is 27.1 Å². The minimum Gasteiger partial charge on any atom is -0.388 e. The second kappa shape index (κ2) is 6.38. The number of benzene rings is 1. The van der Waals surface area contributed by atoms with Gasteiger partial charge in [0, 0.05) is 19.8 Å². The van der Waals surface area contributed by atoms with Crippen LogP contribution in [0, 0.1) is 17.1 Å². The van der Waals surface area contributed by atoms with Crippen molar-refractivity contribution in [1.82, 2.24) is 0 Å². The Hall–Kier alpha value is -1.03. The van der Waals surface area contributed by atoms with Crippen LogP contribution in [0.2, 0.25) is 19.6 Å². The molecule has 1 aromatic carbocycles. The predicted octanol–water partition coefficient (Wildman–Crippen LogP) is 3.84. The minimum atomic E-state index is -3.93. The molecular weight excluding hydrogens is 312 g/mol. The Morgan fingerprint density at radius 3 is 2.00 bits per heavy atom. The number of hydrogen-bond acceptors (Lipinski definition) is 5. The summed E-state index contributed by atoms with van der Waals surface area (Å²) in [5, 5.41) is 7.76. The molecule has 0 radical (unpaired) electrons. The summed E-state index contributed by atoms with van der Waals surface area (Å²) in [6.07, 6.45) is 0. The molecule has 0 aromatic heterocycles. The van der Waals surface area contributed by atoms with Crippen LogP contribution in [0.3, 0.4) is 0 Å². The van der Waals surface area contributed by atoms with Crippen LogP contribution in [0.1, 0.15) is 5.56 Å². The van der Waals surface area contributed by atoms with Gasteiger partial charge in [-0.05, 0) is 31.8 Å². The molecule has 0 aliphatic rings. The monoisotopic (exact) mass is 331 g/mol. The summed E-state index contributed by atoms with van der Waals surface area (Å²) in [5.74, 6) is -0.469. The smallest absolute Gasteiger partial charge is 0.380 e. The fourth-order valence-electron chi connectivity index (χ4n) is 1.87. The van der Waals surface area contributed by atoms with Gasteiger partial charge < -0.3 is 13.5 Å². The highest BCUT2D eigenvalue weighted by atomic mass is 31.2. The first-order valence-corrected chi connectivity index (χ1v) is 11.2. The van der Waals surface area contributed by atoms with Crippen LogP contribution >= 0.6 is 7.60 Å². The van der Waals surface area contributed by atoms with Crippen molar-refractivity contribution in [2.75, 3.05) is 14.2 Å². The highest BCUT2D eigenvalue weighted by molar-refractivity contribution is 7.55. The molecule has 0 heterocycles. The van der Waals surface area contributed by atoms with E-state index in [-0.39, 0.29) is 5.56 Å². The molecule has 0 unspecified atom stereocenters. The van der Waals surface area contributed by atoms with Crippen molar-refractivity contribution >= 4 is 15.9 Å². The molecule has 5 nitrogen and oxygen atoms in total. The van der Waals surface area contributed by atoms with E-state index in [0.717, 1.165) is 0 Å². The highest BCUT2D eigenvalue weighted by Gasteiger charge is 2.56.